The van der Waals surface area contributed by atoms with Gasteiger partial charge < -0.3 is 14.6 Å². The number of aromatic amines is 1. The van der Waals surface area contributed by atoms with E-state index in [1.54, 1.807) is 0 Å². The summed E-state index contributed by atoms with van der Waals surface area (Å²) in [6.45, 7) is 3.82. The van der Waals surface area contributed by atoms with Crippen LogP contribution in [0.2, 0.25) is 0 Å². The lowest BCUT2D eigenvalue weighted by Gasteiger charge is -2.32. The SMILES string of the molecule is CCOc1ccc(C(=O)N2CCC(n3c(=O)[nH]c4ccccc43)CC2)cc1. The van der Waals surface area contributed by atoms with Crippen LogP contribution in [0.4, 0.5) is 0 Å². The van der Waals surface area contributed by atoms with E-state index in [0.29, 0.717) is 25.3 Å². The Morgan fingerprint density at radius 1 is 1.11 bits per heavy atom. The van der Waals surface area contributed by atoms with Crippen molar-refractivity contribution >= 4 is 16.9 Å². The molecule has 0 spiro atoms. The zero-order valence-corrected chi connectivity index (χ0v) is 15.4. The lowest BCUT2D eigenvalue weighted by molar-refractivity contribution is 0.0695. The van der Waals surface area contributed by atoms with Crippen molar-refractivity contribution in [2.75, 3.05) is 19.7 Å². The molecule has 4 rings (SSSR count). The molecule has 0 unspecified atom stereocenters. The standard InChI is InChI=1S/C21H23N3O3/c1-2-27-17-9-7-15(8-10-17)20(25)23-13-11-16(12-14-23)24-19-6-4-3-5-18(19)22-21(24)26/h3-10,16H,2,11-14H2,1H3,(H,22,26). The van der Waals surface area contributed by atoms with Gasteiger partial charge in [0, 0.05) is 24.7 Å². The number of para-hydroxylation sites is 2. The fourth-order valence-electron chi connectivity index (χ4n) is 3.81. The number of likely N-dealkylation sites (tertiary alicyclic amines) is 1. The number of carbonyl (C=O) groups excluding carboxylic acids is 1. The van der Waals surface area contributed by atoms with Crippen molar-refractivity contribution in [1.82, 2.24) is 14.5 Å². The van der Waals surface area contributed by atoms with Gasteiger partial charge in [0.1, 0.15) is 5.75 Å². The summed E-state index contributed by atoms with van der Waals surface area (Å²) in [4.78, 5) is 29.9. The molecule has 0 atom stereocenters. The van der Waals surface area contributed by atoms with E-state index >= 15 is 0 Å². The Bertz CT molecular complexity index is 995. The van der Waals surface area contributed by atoms with E-state index < -0.39 is 0 Å². The van der Waals surface area contributed by atoms with Crippen LogP contribution in [0.3, 0.4) is 0 Å². The number of fused-ring (bicyclic) bond motifs is 1. The van der Waals surface area contributed by atoms with Gasteiger partial charge in [-0.3, -0.25) is 9.36 Å². The fourth-order valence-corrected chi connectivity index (χ4v) is 3.81. The molecule has 2 aromatic carbocycles. The van der Waals surface area contributed by atoms with E-state index in [2.05, 4.69) is 4.98 Å². The summed E-state index contributed by atoms with van der Waals surface area (Å²) in [6, 6.07) is 15.1. The number of carbonyl (C=O) groups is 1. The van der Waals surface area contributed by atoms with Crippen LogP contribution in [-0.4, -0.2) is 40.1 Å². The molecule has 1 aliphatic rings. The number of hydrogen-bond acceptors (Lipinski definition) is 3. The first-order valence-electron chi connectivity index (χ1n) is 9.38. The van der Waals surface area contributed by atoms with Crippen LogP contribution in [0, 0.1) is 0 Å². The van der Waals surface area contributed by atoms with Gasteiger partial charge in [-0.1, -0.05) is 12.1 Å². The number of nitrogens with one attached hydrogen (secondary N) is 1. The maximum absolute atomic E-state index is 12.8. The smallest absolute Gasteiger partial charge is 0.326 e. The van der Waals surface area contributed by atoms with Crippen molar-refractivity contribution in [2.45, 2.75) is 25.8 Å². The number of aromatic nitrogens is 2. The number of ether oxygens (including phenoxy) is 1. The highest BCUT2D eigenvalue weighted by Gasteiger charge is 2.26. The Kier molecular flexibility index (Phi) is 4.71. The molecule has 1 aliphatic heterocycles. The minimum Gasteiger partial charge on any atom is -0.494 e. The normalized spacial score (nSPS) is 15.2. The Morgan fingerprint density at radius 2 is 1.81 bits per heavy atom. The fraction of sp³-hybridized carbons (Fsp3) is 0.333. The molecule has 0 bridgehead atoms. The van der Waals surface area contributed by atoms with Gasteiger partial charge in [-0.15, -0.1) is 0 Å². The van der Waals surface area contributed by atoms with Crippen LogP contribution in [0.1, 0.15) is 36.2 Å². The Balaban J connectivity index is 1.46. The largest absolute Gasteiger partial charge is 0.494 e. The highest BCUT2D eigenvalue weighted by molar-refractivity contribution is 5.94. The number of amides is 1. The summed E-state index contributed by atoms with van der Waals surface area (Å²) in [6.07, 6.45) is 1.54. The highest BCUT2D eigenvalue weighted by atomic mass is 16.5. The topological polar surface area (TPSA) is 67.3 Å². The average Bonchev–Trinajstić information content (AvgIpc) is 3.04. The molecule has 1 saturated heterocycles. The van der Waals surface area contributed by atoms with Crippen molar-refractivity contribution in [3.8, 4) is 5.75 Å². The molecule has 1 aromatic heterocycles. The van der Waals surface area contributed by atoms with Gasteiger partial charge in [-0.2, -0.15) is 0 Å². The molecule has 1 amide bonds. The van der Waals surface area contributed by atoms with E-state index in [-0.39, 0.29) is 17.6 Å². The third kappa shape index (κ3) is 3.35. The number of rotatable bonds is 4. The van der Waals surface area contributed by atoms with Crippen LogP contribution in [-0.2, 0) is 0 Å². The first-order chi connectivity index (χ1) is 13.2. The molecule has 0 radical (unpaired) electrons. The molecule has 6 nitrogen and oxygen atoms in total. The maximum Gasteiger partial charge on any atom is 0.326 e. The van der Waals surface area contributed by atoms with Gasteiger partial charge in [0.25, 0.3) is 5.91 Å². The number of imidazole rings is 1. The zero-order chi connectivity index (χ0) is 18.8. The predicted molar refractivity (Wildman–Crippen MR) is 104 cm³/mol. The molecule has 0 saturated carbocycles. The average molecular weight is 365 g/mol. The summed E-state index contributed by atoms with van der Waals surface area (Å²) in [5.41, 5.74) is 2.38. The van der Waals surface area contributed by atoms with E-state index in [4.69, 9.17) is 4.74 Å². The highest BCUT2D eigenvalue weighted by Crippen LogP contribution is 2.26. The Labute approximate surface area is 157 Å². The van der Waals surface area contributed by atoms with E-state index in [1.807, 2.05) is 64.9 Å². The molecular formula is C21H23N3O3. The summed E-state index contributed by atoms with van der Waals surface area (Å²) < 4.78 is 7.27. The van der Waals surface area contributed by atoms with Gasteiger partial charge in [-0.25, -0.2) is 4.79 Å². The van der Waals surface area contributed by atoms with Gasteiger partial charge in [-0.05, 0) is 56.2 Å². The van der Waals surface area contributed by atoms with Crippen LogP contribution < -0.4 is 10.4 Å². The Morgan fingerprint density at radius 3 is 2.52 bits per heavy atom. The summed E-state index contributed by atoms with van der Waals surface area (Å²) >= 11 is 0. The van der Waals surface area contributed by atoms with Crippen molar-refractivity contribution in [3.05, 3.63) is 64.6 Å². The van der Waals surface area contributed by atoms with Crippen molar-refractivity contribution in [2.24, 2.45) is 0 Å². The van der Waals surface area contributed by atoms with Gasteiger partial charge in [0.15, 0.2) is 0 Å². The minimum absolute atomic E-state index is 0.0303. The van der Waals surface area contributed by atoms with E-state index in [0.717, 1.165) is 29.6 Å². The third-order valence-corrected chi connectivity index (χ3v) is 5.15. The van der Waals surface area contributed by atoms with Crippen molar-refractivity contribution in [1.29, 1.82) is 0 Å². The summed E-state index contributed by atoms with van der Waals surface area (Å²) in [7, 11) is 0. The Hall–Kier alpha value is -3.02. The molecule has 140 valence electrons. The lowest BCUT2D eigenvalue weighted by Crippen LogP contribution is -2.40. The number of hydrogen-bond donors (Lipinski definition) is 1. The number of H-pyrrole nitrogens is 1. The van der Waals surface area contributed by atoms with Gasteiger partial charge >= 0.3 is 5.69 Å². The zero-order valence-electron chi connectivity index (χ0n) is 15.4. The van der Waals surface area contributed by atoms with Gasteiger partial charge in [0.2, 0.25) is 0 Å². The molecule has 1 fully saturated rings. The summed E-state index contributed by atoms with van der Waals surface area (Å²) in [5, 5.41) is 0. The first-order valence-corrected chi connectivity index (χ1v) is 9.38. The second-order valence-corrected chi connectivity index (χ2v) is 6.80. The van der Waals surface area contributed by atoms with Crippen molar-refractivity contribution in [3.63, 3.8) is 0 Å². The van der Waals surface area contributed by atoms with E-state index in [1.165, 1.54) is 0 Å². The van der Waals surface area contributed by atoms with Gasteiger partial charge in [0.05, 0.1) is 17.6 Å². The second-order valence-electron chi connectivity index (χ2n) is 6.80. The quantitative estimate of drug-likeness (QED) is 0.772. The molecule has 1 N–H and O–H groups in total. The van der Waals surface area contributed by atoms with Crippen LogP contribution in [0.15, 0.2) is 53.3 Å². The third-order valence-electron chi connectivity index (χ3n) is 5.15. The lowest BCUT2D eigenvalue weighted by atomic mass is 10.0. The van der Waals surface area contributed by atoms with Crippen molar-refractivity contribution < 1.29 is 9.53 Å². The molecule has 0 aliphatic carbocycles. The number of nitrogens with zero attached hydrogens (tertiary/aromatic N) is 2. The molecule has 6 heteroatoms. The maximum atomic E-state index is 12.8. The predicted octanol–water partition coefficient (Wildman–Crippen LogP) is 3.21. The van der Waals surface area contributed by atoms with Crippen LogP contribution in [0.25, 0.3) is 11.0 Å². The molecule has 2 heterocycles. The number of piperidine rings is 1. The molecule has 27 heavy (non-hydrogen) atoms. The first kappa shape index (κ1) is 17.4. The molecular weight excluding hydrogens is 342 g/mol. The van der Waals surface area contributed by atoms with Crippen LogP contribution >= 0.6 is 0 Å². The number of benzene rings is 2. The second kappa shape index (κ2) is 7.31. The molecule has 3 aromatic rings. The minimum atomic E-state index is -0.0764. The monoisotopic (exact) mass is 365 g/mol. The summed E-state index contributed by atoms with van der Waals surface area (Å²) in [5.74, 6) is 0.800. The van der Waals surface area contributed by atoms with Crippen LogP contribution in [0.5, 0.6) is 5.75 Å². The van der Waals surface area contributed by atoms with E-state index in [9.17, 15) is 9.59 Å².